The number of carbonyl (C=O) groups is 1. The van der Waals surface area contributed by atoms with Crippen LogP contribution in [0.5, 0.6) is 11.5 Å². The van der Waals surface area contributed by atoms with Crippen molar-refractivity contribution in [2.75, 3.05) is 20.0 Å². The second-order valence-corrected chi connectivity index (χ2v) is 5.41. The number of nitrogen functional groups attached to an aromatic ring is 1. The van der Waals surface area contributed by atoms with E-state index in [1.165, 1.54) is 11.3 Å². The molecule has 0 bridgehead atoms. The van der Waals surface area contributed by atoms with Gasteiger partial charge in [0, 0.05) is 10.4 Å². The number of carbonyl (C=O) groups excluding carboxylic acids is 1. The molecule has 0 aliphatic heterocycles. The summed E-state index contributed by atoms with van der Waals surface area (Å²) in [5, 5.41) is 0.557. The lowest BCUT2D eigenvalue weighted by atomic mass is 10.0. The van der Waals surface area contributed by atoms with Crippen LogP contribution in [-0.2, 0) is 6.42 Å². The molecule has 0 saturated heterocycles. The Morgan fingerprint density at radius 2 is 1.90 bits per heavy atom. The first-order valence-corrected chi connectivity index (χ1v) is 7.07. The molecule has 0 radical (unpaired) electrons. The first-order valence-electron chi connectivity index (χ1n) is 6.25. The Hall–Kier alpha value is -2.01. The molecule has 2 rings (SSSR count). The maximum absolute atomic E-state index is 12.5. The van der Waals surface area contributed by atoms with E-state index in [4.69, 9.17) is 15.2 Å². The molecule has 0 unspecified atom stereocenters. The number of benzene rings is 1. The molecule has 0 amide bonds. The Balaban J connectivity index is 2.40. The third-order valence-corrected chi connectivity index (χ3v) is 4.16. The summed E-state index contributed by atoms with van der Waals surface area (Å²) in [6.45, 7) is 2.04. The number of thiophene rings is 1. The fourth-order valence-corrected chi connectivity index (χ4v) is 2.81. The third kappa shape index (κ3) is 2.63. The van der Waals surface area contributed by atoms with Gasteiger partial charge in [-0.1, -0.05) is 6.92 Å². The summed E-state index contributed by atoms with van der Waals surface area (Å²) in [4.78, 5) is 13.6. The molecule has 20 heavy (non-hydrogen) atoms. The first-order chi connectivity index (χ1) is 9.60. The molecule has 0 fully saturated rings. The fourth-order valence-electron chi connectivity index (χ4n) is 1.94. The Labute approximate surface area is 122 Å². The van der Waals surface area contributed by atoms with Crippen molar-refractivity contribution in [1.29, 1.82) is 0 Å². The molecule has 2 aromatic rings. The summed E-state index contributed by atoms with van der Waals surface area (Å²) in [6.07, 6.45) is 0.869. The summed E-state index contributed by atoms with van der Waals surface area (Å²) in [7, 11) is 3.10. The van der Waals surface area contributed by atoms with Gasteiger partial charge in [-0.25, -0.2) is 0 Å². The minimum Gasteiger partial charge on any atom is -0.493 e. The van der Waals surface area contributed by atoms with E-state index in [-0.39, 0.29) is 5.78 Å². The lowest BCUT2D eigenvalue weighted by Crippen LogP contribution is -2.03. The molecule has 0 saturated carbocycles. The van der Waals surface area contributed by atoms with E-state index in [2.05, 4.69) is 0 Å². The minimum absolute atomic E-state index is 0.0978. The zero-order valence-electron chi connectivity index (χ0n) is 11.7. The Morgan fingerprint density at radius 3 is 2.45 bits per heavy atom. The van der Waals surface area contributed by atoms with Gasteiger partial charge < -0.3 is 15.2 Å². The fraction of sp³-hybridized carbons (Fsp3) is 0.267. The number of ether oxygens (including phenoxy) is 2. The van der Waals surface area contributed by atoms with Crippen LogP contribution in [-0.4, -0.2) is 20.0 Å². The highest BCUT2D eigenvalue weighted by atomic mass is 32.1. The second-order valence-electron chi connectivity index (χ2n) is 4.24. The summed E-state index contributed by atoms with van der Waals surface area (Å²) in [5.74, 6) is 1.03. The molecule has 0 aliphatic rings. The van der Waals surface area contributed by atoms with Crippen molar-refractivity contribution in [2.45, 2.75) is 13.3 Å². The number of hydrogen-bond donors (Lipinski definition) is 1. The van der Waals surface area contributed by atoms with Crippen molar-refractivity contribution in [3.8, 4) is 11.5 Å². The molecule has 1 aromatic heterocycles. The van der Waals surface area contributed by atoms with Gasteiger partial charge in [0.2, 0.25) is 0 Å². The van der Waals surface area contributed by atoms with E-state index < -0.39 is 0 Å². The normalized spacial score (nSPS) is 10.3. The Morgan fingerprint density at radius 1 is 1.20 bits per heavy atom. The molecule has 0 atom stereocenters. The standard InChI is InChI=1S/C15H17NO3S/c1-4-10-8-11(15(16)20-10)14(17)9-5-6-12(18-2)13(7-9)19-3/h5-8H,4,16H2,1-3H3. The van der Waals surface area contributed by atoms with Crippen LogP contribution in [0, 0.1) is 0 Å². The van der Waals surface area contributed by atoms with Gasteiger partial charge in [-0.05, 0) is 30.7 Å². The van der Waals surface area contributed by atoms with E-state index >= 15 is 0 Å². The van der Waals surface area contributed by atoms with Gasteiger partial charge >= 0.3 is 0 Å². The molecule has 5 heteroatoms. The molecule has 1 heterocycles. The van der Waals surface area contributed by atoms with Crippen LogP contribution in [0.1, 0.15) is 27.7 Å². The van der Waals surface area contributed by atoms with E-state index in [9.17, 15) is 4.79 Å². The third-order valence-electron chi connectivity index (χ3n) is 3.05. The van der Waals surface area contributed by atoms with Gasteiger partial charge in [0.1, 0.15) is 0 Å². The van der Waals surface area contributed by atoms with Crippen LogP contribution in [0.15, 0.2) is 24.3 Å². The van der Waals surface area contributed by atoms with Crippen molar-refractivity contribution in [3.63, 3.8) is 0 Å². The van der Waals surface area contributed by atoms with Crippen LogP contribution < -0.4 is 15.2 Å². The number of aryl methyl sites for hydroxylation is 1. The first kappa shape index (κ1) is 14.4. The molecule has 2 N–H and O–H groups in total. The van der Waals surface area contributed by atoms with E-state index in [1.807, 2.05) is 13.0 Å². The van der Waals surface area contributed by atoms with E-state index in [0.717, 1.165) is 11.3 Å². The van der Waals surface area contributed by atoms with Crippen LogP contribution >= 0.6 is 11.3 Å². The molecule has 0 spiro atoms. The zero-order valence-corrected chi connectivity index (χ0v) is 12.5. The number of nitrogens with two attached hydrogens (primary N) is 1. The second kappa shape index (κ2) is 5.96. The average molecular weight is 291 g/mol. The Bertz CT molecular complexity index is 634. The van der Waals surface area contributed by atoms with E-state index in [1.54, 1.807) is 32.4 Å². The SMILES string of the molecule is CCc1cc(C(=O)c2ccc(OC)c(OC)c2)c(N)s1. The van der Waals surface area contributed by atoms with Gasteiger partial charge in [0.15, 0.2) is 17.3 Å². The highest BCUT2D eigenvalue weighted by molar-refractivity contribution is 7.16. The lowest BCUT2D eigenvalue weighted by Gasteiger charge is -2.08. The lowest BCUT2D eigenvalue weighted by molar-refractivity contribution is 0.103. The summed E-state index contributed by atoms with van der Waals surface area (Å²) in [6, 6.07) is 6.96. The van der Waals surface area contributed by atoms with Gasteiger partial charge in [0.05, 0.1) is 24.8 Å². The molecular weight excluding hydrogens is 274 g/mol. The van der Waals surface area contributed by atoms with Crippen molar-refractivity contribution in [3.05, 3.63) is 40.3 Å². The predicted octanol–water partition coefficient (Wildman–Crippen LogP) is 3.14. The van der Waals surface area contributed by atoms with Gasteiger partial charge in [-0.15, -0.1) is 11.3 Å². The smallest absolute Gasteiger partial charge is 0.196 e. The monoisotopic (exact) mass is 291 g/mol. The maximum Gasteiger partial charge on any atom is 0.196 e. The average Bonchev–Trinajstić information content (AvgIpc) is 2.86. The van der Waals surface area contributed by atoms with Gasteiger partial charge in [-0.3, -0.25) is 4.79 Å². The van der Waals surface area contributed by atoms with Gasteiger partial charge in [-0.2, -0.15) is 0 Å². The molecule has 1 aromatic carbocycles. The van der Waals surface area contributed by atoms with Crippen LogP contribution in [0.4, 0.5) is 5.00 Å². The van der Waals surface area contributed by atoms with Crippen molar-refractivity contribution in [1.82, 2.24) is 0 Å². The molecule has 0 aliphatic carbocycles. The quantitative estimate of drug-likeness (QED) is 0.860. The topological polar surface area (TPSA) is 61.5 Å². The highest BCUT2D eigenvalue weighted by Crippen LogP contribution is 2.31. The highest BCUT2D eigenvalue weighted by Gasteiger charge is 2.17. The van der Waals surface area contributed by atoms with E-state index in [0.29, 0.717) is 27.6 Å². The summed E-state index contributed by atoms with van der Waals surface area (Å²) < 4.78 is 10.4. The van der Waals surface area contributed by atoms with Crippen LogP contribution in [0.3, 0.4) is 0 Å². The molecular formula is C15H17NO3S. The van der Waals surface area contributed by atoms with Crippen LogP contribution in [0.25, 0.3) is 0 Å². The summed E-state index contributed by atoms with van der Waals surface area (Å²) in [5.41, 5.74) is 7.02. The number of rotatable bonds is 5. The summed E-state index contributed by atoms with van der Waals surface area (Å²) >= 11 is 1.46. The van der Waals surface area contributed by atoms with Crippen molar-refractivity contribution in [2.24, 2.45) is 0 Å². The van der Waals surface area contributed by atoms with Gasteiger partial charge in [0.25, 0.3) is 0 Å². The largest absolute Gasteiger partial charge is 0.493 e. The number of hydrogen-bond acceptors (Lipinski definition) is 5. The number of methoxy groups -OCH3 is 2. The zero-order chi connectivity index (χ0) is 14.7. The maximum atomic E-state index is 12.5. The molecule has 106 valence electrons. The van der Waals surface area contributed by atoms with Crippen LogP contribution in [0.2, 0.25) is 0 Å². The predicted molar refractivity (Wildman–Crippen MR) is 81.1 cm³/mol. The molecule has 4 nitrogen and oxygen atoms in total. The Kier molecular flexibility index (Phi) is 4.29. The number of anilines is 1. The van der Waals surface area contributed by atoms with Crippen molar-refractivity contribution < 1.29 is 14.3 Å². The minimum atomic E-state index is -0.0978. The number of ketones is 1. The van der Waals surface area contributed by atoms with Crippen molar-refractivity contribution >= 4 is 22.1 Å².